The first kappa shape index (κ1) is 15.5. The summed E-state index contributed by atoms with van der Waals surface area (Å²) in [7, 11) is -2.14. The van der Waals surface area contributed by atoms with E-state index in [0.717, 1.165) is 6.07 Å². The van der Waals surface area contributed by atoms with Crippen molar-refractivity contribution in [2.24, 2.45) is 11.1 Å². The molecule has 0 amide bonds. The van der Waals surface area contributed by atoms with Gasteiger partial charge >= 0.3 is 5.97 Å². The number of anilines is 1. The molecule has 0 aromatic heterocycles. The molecule has 3 N–H and O–H groups in total. The van der Waals surface area contributed by atoms with Crippen molar-refractivity contribution in [3.05, 3.63) is 23.8 Å². The van der Waals surface area contributed by atoms with Crippen LogP contribution in [0.25, 0.3) is 0 Å². The molecule has 1 aromatic carbocycles. The van der Waals surface area contributed by atoms with Gasteiger partial charge in [-0.1, -0.05) is 13.8 Å². The molecular weight excluding hydrogens is 268 g/mol. The van der Waals surface area contributed by atoms with E-state index in [-0.39, 0.29) is 10.5 Å². The van der Waals surface area contributed by atoms with E-state index in [0.29, 0.717) is 18.2 Å². The maximum atomic E-state index is 11.2. The van der Waals surface area contributed by atoms with Gasteiger partial charge < -0.3 is 10.0 Å². The summed E-state index contributed by atoms with van der Waals surface area (Å²) in [5.41, 5.74) is 0.392. The first-order chi connectivity index (χ1) is 8.62. The molecule has 0 saturated carbocycles. The Morgan fingerprint density at radius 1 is 1.42 bits per heavy atom. The Balaban J connectivity index is 3.31. The van der Waals surface area contributed by atoms with Gasteiger partial charge in [-0.15, -0.1) is 0 Å². The number of benzene rings is 1. The molecule has 0 bridgehead atoms. The average Bonchev–Trinajstić information content (AvgIpc) is 2.25. The maximum absolute atomic E-state index is 11.2. The van der Waals surface area contributed by atoms with Crippen molar-refractivity contribution in [1.29, 1.82) is 0 Å². The van der Waals surface area contributed by atoms with E-state index in [1.54, 1.807) is 11.9 Å². The number of carboxylic acid groups (broad SMARTS) is 1. The molecule has 1 aromatic rings. The van der Waals surface area contributed by atoms with Gasteiger partial charge in [-0.2, -0.15) is 0 Å². The molecule has 0 atom stereocenters. The van der Waals surface area contributed by atoms with Crippen LogP contribution >= 0.6 is 0 Å². The Morgan fingerprint density at radius 3 is 2.42 bits per heavy atom. The van der Waals surface area contributed by atoms with Crippen molar-refractivity contribution in [2.45, 2.75) is 18.7 Å². The zero-order chi connectivity index (χ0) is 14.8. The van der Waals surface area contributed by atoms with Gasteiger partial charge in [0.15, 0.2) is 0 Å². The summed E-state index contributed by atoms with van der Waals surface area (Å²) in [6, 6.07) is 3.86. The number of sulfonamides is 1. The summed E-state index contributed by atoms with van der Waals surface area (Å²) < 4.78 is 22.5. The second kappa shape index (κ2) is 5.58. The molecular formula is C12H18N2O4S. The van der Waals surface area contributed by atoms with Gasteiger partial charge in [0.05, 0.1) is 16.1 Å². The predicted molar refractivity (Wildman–Crippen MR) is 72.9 cm³/mol. The Bertz CT molecular complexity index is 581. The fourth-order valence-corrected chi connectivity index (χ4v) is 2.38. The Labute approximate surface area is 112 Å². The first-order valence-electron chi connectivity index (χ1n) is 5.74. The molecule has 0 saturated heterocycles. The minimum atomic E-state index is -3.91. The minimum Gasteiger partial charge on any atom is -0.478 e. The lowest BCUT2D eigenvalue weighted by Gasteiger charge is -2.23. The molecule has 0 unspecified atom stereocenters. The Morgan fingerprint density at radius 2 is 2.00 bits per heavy atom. The van der Waals surface area contributed by atoms with Gasteiger partial charge in [0.1, 0.15) is 0 Å². The number of rotatable bonds is 5. The number of primary sulfonamides is 1. The molecule has 0 aliphatic carbocycles. The number of hydrogen-bond acceptors (Lipinski definition) is 4. The number of aromatic carboxylic acids is 1. The quantitative estimate of drug-likeness (QED) is 0.845. The van der Waals surface area contributed by atoms with Crippen LogP contribution in [0.3, 0.4) is 0 Å². The topological polar surface area (TPSA) is 101 Å². The van der Waals surface area contributed by atoms with Crippen LogP contribution in [-0.4, -0.2) is 33.1 Å². The average molecular weight is 286 g/mol. The third-order valence-corrected chi connectivity index (χ3v) is 3.49. The van der Waals surface area contributed by atoms with Crippen LogP contribution in [0, 0.1) is 5.92 Å². The zero-order valence-electron chi connectivity index (χ0n) is 11.1. The van der Waals surface area contributed by atoms with Crippen LogP contribution in [0.2, 0.25) is 0 Å². The minimum absolute atomic E-state index is 0.0744. The van der Waals surface area contributed by atoms with Crippen LogP contribution < -0.4 is 10.0 Å². The van der Waals surface area contributed by atoms with Crippen molar-refractivity contribution in [1.82, 2.24) is 0 Å². The fourth-order valence-electron chi connectivity index (χ4n) is 1.84. The lowest BCUT2D eigenvalue weighted by atomic mass is 10.1. The predicted octanol–water partition coefficient (Wildman–Crippen LogP) is 1.12. The molecule has 6 nitrogen and oxygen atoms in total. The van der Waals surface area contributed by atoms with Crippen molar-refractivity contribution in [3.63, 3.8) is 0 Å². The number of carbonyl (C=O) groups is 1. The summed E-state index contributed by atoms with van der Waals surface area (Å²) in [5, 5.41) is 14.2. The first-order valence-corrected chi connectivity index (χ1v) is 7.29. The van der Waals surface area contributed by atoms with Crippen molar-refractivity contribution in [3.8, 4) is 0 Å². The van der Waals surface area contributed by atoms with Crippen molar-refractivity contribution in [2.75, 3.05) is 18.5 Å². The van der Waals surface area contributed by atoms with Gasteiger partial charge in [0.25, 0.3) is 0 Å². The van der Waals surface area contributed by atoms with Gasteiger partial charge in [-0.3, -0.25) is 0 Å². The third kappa shape index (κ3) is 3.93. The monoisotopic (exact) mass is 286 g/mol. The molecule has 7 heteroatoms. The van der Waals surface area contributed by atoms with Gasteiger partial charge in [0.2, 0.25) is 10.0 Å². The Hall–Kier alpha value is -1.60. The van der Waals surface area contributed by atoms with Crippen LogP contribution in [0.1, 0.15) is 24.2 Å². The van der Waals surface area contributed by atoms with E-state index in [4.69, 9.17) is 5.14 Å². The lowest BCUT2D eigenvalue weighted by molar-refractivity contribution is 0.0697. The lowest BCUT2D eigenvalue weighted by Crippen LogP contribution is -2.25. The van der Waals surface area contributed by atoms with E-state index >= 15 is 0 Å². The highest BCUT2D eigenvalue weighted by atomic mass is 32.2. The van der Waals surface area contributed by atoms with E-state index in [1.165, 1.54) is 12.1 Å². The second-order valence-corrected chi connectivity index (χ2v) is 6.36. The van der Waals surface area contributed by atoms with Gasteiger partial charge in [-0.05, 0) is 24.1 Å². The summed E-state index contributed by atoms with van der Waals surface area (Å²) >= 11 is 0. The highest BCUT2D eigenvalue weighted by molar-refractivity contribution is 7.89. The van der Waals surface area contributed by atoms with Crippen molar-refractivity contribution < 1.29 is 18.3 Å². The molecule has 19 heavy (non-hydrogen) atoms. The highest BCUT2D eigenvalue weighted by Crippen LogP contribution is 2.23. The standard InChI is InChI=1S/C12H18N2O4S/c1-8(2)7-14(3)11-5-4-9(19(13,17)18)6-10(11)12(15)16/h4-6,8H,7H2,1-3H3,(H,15,16)(H2,13,17,18). The summed E-state index contributed by atoms with van der Waals surface area (Å²) in [6.45, 7) is 4.68. The fraction of sp³-hybridized carbons (Fsp3) is 0.417. The molecule has 106 valence electrons. The molecule has 0 aliphatic rings. The smallest absolute Gasteiger partial charge is 0.337 e. The van der Waals surface area contributed by atoms with Crippen molar-refractivity contribution >= 4 is 21.7 Å². The van der Waals surface area contributed by atoms with E-state index < -0.39 is 16.0 Å². The summed E-state index contributed by atoms with van der Waals surface area (Å²) in [6.07, 6.45) is 0. The molecule has 0 radical (unpaired) electrons. The number of nitrogens with two attached hydrogens (primary N) is 1. The summed E-state index contributed by atoms with van der Waals surface area (Å²) in [4.78, 5) is 12.8. The molecule has 0 heterocycles. The van der Waals surface area contributed by atoms with E-state index in [1.807, 2.05) is 13.8 Å². The highest BCUT2D eigenvalue weighted by Gasteiger charge is 2.18. The number of hydrogen-bond donors (Lipinski definition) is 2. The van der Waals surface area contributed by atoms with Crippen LogP contribution in [0.5, 0.6) is 0 Å². The largest absolute Gasteiger partial charge is 0.478 e. The molecule has 1 rings (SSSR count). The van der Waals surface area contributed by atoms with E-state index in [9.17, 15) is 18.3 Å². The molecule has 0 aliphatic heterocycles. The van der Waals surface area contributed by atoms with Gasteiger partial charge in [0, 0.05) is 13.6 Å². The summed E-state index contributed by atoms with van der Waals surface area (Å²) in [5.74, 6) is -0.833. The maximum Gasteiger partial charge on any atom is 0.337 e. The third-order valence-electron chi connectivity index (χ3n) is 2.58. The number of carboxylic acids is 1. The van der Waals surface area contributed by atoms with Crippen LogP contribution in [-0.2, 0) is 10.0 Å². The molecule has 0 fully saturated rings. The zero-order valence-corrected chi connectivity index (χ0v) is 11.9. The van der Waals surface area contributed by atoms with Crippen LogP contribution in [0.4, 0.5) is 5.69 Å². The van der Waals surface area contributed by atoms with Crippen LogP contribution in [0.15, 0.2) is 23.1 Å². The Kier molecular flexibility index (Phi) is 4.54. The molecule has 0 spiro atoms. The normalized spacial score (nSPS) is 11.6. The van der Waals surface area contributed by atoms with Gasteiger partial charge in [-0.25, -0.2) is 18.4 Å². The van der Waals surface area contributed by atoms with E-state index in [2.05, 4.69) is 0 Å². The SMILES string of the molecule is CC(C)CN(C)c1ccc(S(N)(=O)=O)cc1C(=O)O. The second-order valence-electron chi connectivity index (χ2n) is 4.80. The number of nitrogens with zero attached hydrogens (tertiary/aromatic N) is 1.